The zero-order valence-corrected chi connectivity index (χ0v) is 10.6. The summed E-state index contributed by atoms with van der Waals surface area (Å²) in [6.45, 7) is 6.13. The number of benzene rings is 1. The number of aryl methyl sites for hydroxylation is 1. The van der Waals surface area contributed by atoms with Crippen LogP contribution in [0.15, 0.2) is 36.8 Å². The molecule has 3 nitrogen and oxygen atoms in total. The standard InChI is InChI=1S/C14H19N3/c1-4-11-5-7-12(8-6-11)17-10-16-9-13(17)14(2,3)15/h5-10H,4,15H2,1-3H3. The first-order chi connectivity index (χ1) is 8.02. The highest BCUT2D eigenvalue weighted by atomic mass is 15.1. The van der Waals surface area contributed by atoms with Crippen molar-refractivity contribution in [2.75, 3.05) is 0 Å². The van der Waals surface area contributed by atoms with Crippen LogP contribution in [0.1, 0.15) is 32.0 Å². The van der Waals surface area contributed by atoms with Gasteiger partial charge in [-0.25, -0.2) is 4.98 Å². The van der Waals surface area contributed by atoms with Crippen LogP contribution in [0.4, 0.5) is 0 Å². The zero-order chi connectivity index (χ0) is 12.5. The molecule has 0 spiro atoms. The van der Waals surface area contributed by atoms with Crippen molar-refractivity contribution in [2.24, 2.45) is 5.73 Å². The highest BCUT2D eigenvalue weighted by Crippen LogP contribution is 2.20. The van der Waals surface area contributed by atoms with Crippen LogP contribution in [0.3, 0.4) is 0 Å². The van der Waals surface area contributed by atoms with Gasteiger partial charge in [0.1, 0.15) is 0 Å². The number of nitrogens with zero attached hydrogens (tertiary/aromatic N) is 2. The largest absolute Gasteiger partial charge is 0.321 e. The minimum Gasteiger partial charge on any atom is -0.321 e. The third-order valence-electron chi connectivity index (χ3n) is 2.92. The average molecular weight is 229 g/mol. The molecule has 0 aliphatic carbocycles. The van der Waals surface area contributed by atoms with Gasteiger partial charge in [0.15, 0.2) is 0 Å². The van der Waals surface area contributed by atoms with Crippen molar-refractivity contribution in [2.45, 2.75) is 32.7 Å². The zero-order valence-electron chi connectivity index (χ0n) is 10.6. The summed E-state index contributed by atoms with van der Waals surface area (Å²) < 4.78 is 2.04. The van der Waals surface area contributed by atoms with Crippen LogP contribution >= 0.6 is 0 Å². The van der Waals surface area contributed by atoms with Crippen LogP contribution in [0.2, 0.25) is 0 Å². The summed E-state index contributed by atoms with van der Waals surface area (Å²) in [5.41, 5.74) is 9.20. The van der Waals surface area contributed by atoms with Crippen LogP contribution in [0, 0.1) is 0 Å². The van der Waals surface area contributed by atoms with Gasteiger partial charge in [-0.15, -0.1) is 0 Å². The van der Waals surface area contributed by atoms with E-state index in [9.17, 15) is 0 Å². The molecule has 0 atom stereocenters. The van der Waals surface area contributed by atoms with Crippen molar-refractivity contribution in [1.82, 2.24) is 9.55 Å². The second kappa shape index (κ2) is 4.34. The van der Waals surface area contributed by atoms with Crippen molar-refractivity contribution in [3.8, 4) is 5.69 Å². The van der Waals surface area contributed by atoms with E-state index in [4.69, 9.17) is 5.73 Å². The molecule has 1 heterocycles. The molecular weight excluding hydrogens is 210 g/mol. The fourth-order valence-electron chi connectivity index (χ4n) is 1.87. The number of hydrogen-bond acceptors (Lipinski definition) is 2. The van der Waals surface area contributed by atoms with E-state index >= 15 is 0 Å². The van der Waals surface area contributed by atoms with Crippen molar-refractivity contribution >= 4 is 0 Å². The van der Waals surface area contributed by atoms with E-state index in [-0.39, 0.29) is 5.54 Å². The van der Waals surface area contributed by atoms with Crippen LogP contribution in [0.5, 0.6) is 0 Å². The number of rotatable bonds is 3. The Hall–Kier alpha value is -1.61. The Labute approximate surface area is 102 Å². The van der Waals surface area contributed by atoms with Gasteiger partial charge in [-0.05, 0) is 38.0 Å². The molecule has 0 unspecified atom stereocenters. The van der Waals surface area contributed by atoms with E-state index in [2.05, 4.69) is 36.2 Å². The Balaban J connectivity index is 2.43. The predicted octanol–water partition coefficient (Wildman–Crippen LogP) is 2.63. The molecule has 2 rings (SSSR count). The Morgan fingerprint density at radius 3 is 2.41 bits per heavy atom. The third kappa shape index (κ3) is 2.39. The van der Waals surface area contributed by atoms with Crippen molar-refractivity contribution in [3.05, 3.63) is 48.0 Å². The van der Waals surface area contributed by atoms with Gasteiger partial charge in [0.25, 0.3) is 0 Å². The van der Waals surface area contributed by atoms with Gasteiger partial charge >= 0.3 is 0 Å². The molecule has 0 radical (unpaired) electrons. The lowest BCUT2D eigenvalue weighted by molar-refractivity contribution is 0.524. The summed E-state index contributed by atoms with van der Waals surface area (Å²) in [5.74, 6) is 0. The molecule has 0 amide bonds. The SMILES string of the molecule is CCc1ccc(-n2cncc2C(C)(C)N)cc1. The fourth-order valence-corrected chi connectivity index (χ4v) is 1.87. The van der Waals surface area contributed by atoms with Gasteiger partial charge in [0.05, 0.1) is 23.8 Å². The van der Waals surface area contributed by atoms with E-state index in [1.165, 1.54) is 5.56 Å². The highest BCUT2D eigenvalue weighted by molar-refractivity contribution is 5.37. The lowest BCUT2D eigenvalue weighted by Crippen LogP contribution is -2.31. The number of hydrogen-bond donors (Lipinski definition) is 1. The molecule has 0 saturated carbocycles. The summed E-state index contributed by atoms with van der Waals surface area (Å²) >= 11 is 0. The summed E-state index contributed by atoms with van der Waals surface area (Å²) in [5, 5.41) is 0. The van der Waals surface area contributed by atoms with Crippen molar-refractivity contribution in [3.63, 3.8) is 0 Å². The summed E-state index contributed by atoms with van der Waals surface area (Å²) in [7, 11) is 0. The fraction of sp³-hybridized carbons (Fsp3) is 0.357. The highest BCUT2D eigenvalue weighted by Gasteiger charge is 2.19. The molecule has 17 heavy (non-hydrogen) atoms. The van der Waals surface area contributed by atoms with Crippen LogP contribution in [-0.4, -0.2) is 9.55 Å². The van der Waals surface area contributed by atoms with Gasteiger partial charge in [-0.3, -0.25) is 0 Å². The second-order valence-corrected chi connectivity index (χ2v) is 4.89. The minimum absolute atomic E-state index is 0.389. The quantitative estimate of drug-likeness (QED) is 0.879. The number of imidazole rings is 1. The Bertz CT molecular complexity index is 489. The van der Waals surface area contributed by atoms with Crippen molar-refractivity contribution < 1.29 is 0 Å². The van der Waals surface area contributed by atoms with Crippen LogP contribution in [-0.2, 0) is 12.0 Å². The molecule has 2 aromatic rings. The minimum atomic E-state index is -0.389. The average Bonchev–Trinajstić information content (AvgIpc) is 2.78. The van der Waals surface area contributed by atoms with Crippen molar-refractivity contribution in [1.29, 1.82) is 0 Å². The Morgan fingerprint density at radius 1 is 1.24 bits per heavy atom. The number of nitrogens with two attached hydrogens (primary N) is 1. The molecule has 0 aliphatic heterocycles. The topological polar surface area (TPSA) is 43.8 Å². The third-order valence-corrected chi connectivity index (χ3v) is 2.92. The summed E-state index contributed by atoms with van der Waals surface area (Å²) in [4.78, 5) is 4.19. The van der Waals surface area contributed by atoms with Gasteiger partial charge in [0.2, 0.25) is 0 Å². The Kier molecular flexibility index (Phi) is 3.03. The second-order valence-electron chi connectivity index (χ2n) is 4.89. The van der Waals surface area contributed by atoms with E-state index in [0.29, 0.717) is 0 Å². The van der Waals surface area contributed by atoms with Gasteiger partial charge < -0.3 is 10.3 Å². The lowest BCUT2D eigenvalue weighted by atomic mass is 10.0. The van der Waals surface area contributed by atoms with Crippen LogP contribution in [0.25, 0.3) is 5.69 Å². The van der Waals surface area contributed by atoms with E-state index in [0.717, 1.165) is 17.8 Å². The molecule has 1 aromatic heterocycles. The first-order valence-electron chi connectivity index (χ1n) is 5.93. The molecule has 0 aliphatic rings. The maximum atomic E-state index is 6.13. The first kappa shape index (κ1) is 11.9. The van der Waals surface area contributed by atoms with Gasteiger partial charge in [-0.1, -0.05) is 19.1 Å². The van der Waals surface area contributed by atoms with Crippen LogP contribution < -0.4 is 5.73 Å². The maximum absolute atomic E-state index is 6.13. The molecule has 2 N–H and O–H groups in total. The van der Waals surface area contributed by atoms with E-state index in [1.54, 1.807) is 0 Å². The van der Waals surface area contributed by atoms with Gasteiger partial charge in [0, 0.05) is 5.69 Å². The molecule has 0 fully saturated rings. The molecule has 0 saturated heterocycles. The molecular formula is C14H19N3. The summed E-state index contributed by atoms with van der Waals surface area (Å²) in [6, 6.07) is 8.50. The monoisotopic (exact) mass is 229 g/mol. The summed E-state index contributed by atoms with van der Waals surface area (Å²) in [6.07, 6.45) is 4.69. The molecule has 1 aromatic carbocycles. The maximum Gasteiger partial charge on any atom is 0.0994 e. The molecule has 90 valence electrons. The molecule has 0 bridgehead atoms. The smallest absolute Gasteiger partial charge is 0.0994 e. The molecule has 3 heteroatoms. The lowest BCUT2D eigenvalue weighted by Gasteiger charge is -2.20. The predicted molar refractivity (Wildman–Crippen MR) is 70.2 cm³/mol. The number of aromatic nitrogens is 2. The van der Waals surface area contributed by atoms with E-state index < -0.39 is 0 Å². The van der Waals surface area contributed by atoms with E-state index in [1.807, 2.05) is 30.9 Å². The normalized spacial score (nSPS) is 11.8. The first-order valence-corrected chi connectivity index (χ1v) is 5.93. The van der Waals surface area contributed by atoms with Gasteiger partial charge in [-0.2, -0.15) is 0 Å². The Morgan fingerprint density at radius 2 is 1.88 bits per heavy atom.